The fourth-order valence-corrected chi connectivity index (χ4v) is 3.58. The van der Waals surface area contributed by atoms with Gasteiger partial charge in [-0.25, -0.2) is 0 Å². The molecule has 8 heteroatoms. The number of carbonyl (C=O) groups excluding carboxylic acids is 2. The molecule has 0 aliphatic rings. The van der Waals surface area contributed by atoms with Gasteiger partial charge in [-0.05, 0) is 68.7 Å². The van der Waals surface area contributed by atoms with E-state index in [1.165, 1.54) is 0 Å². The van der Waals surface area contributed by atoms with Gasteiger partial charge >= 0.3 is 0 Å². The number of amides is 2. The Labute approximate surface area is 206 Å². The summed E-state index contributed by atoms with van der Waals surface area (Å²) in [6.45, 7) is 6.25. The average Bonchev–Trinajstić information content (AvgIpc) is 2.81. The van der Waals surface area contributed by atoms with E-state index in [4.69, 9.17) is 32.7 Å². The van der Waals surface area contributed by atoms with Gasteiger partial charge in [0.25, 0.3) is 0 Å². The van der Waals surface area contributed by atoms with Crippen LogP contribution in [0.3, 0.4) is 0 Å². The van der Waals surface area contributed by atoms with Crippen LogP contribution >= 0.6 is 23.2 Å². The minimum Gasteiger partial charge on any atom is -0.497 e. The van der Waals surface area contributed by atoms with Crippen LogP contribution in [0.1, 0.15) is 45.6 Å². The third-order valence-electron chi connectivity index (χ3n) is 5.39. The highest BCUT2D eigenvalue weighted by Crippen LogP contribution is 2.24. The van der Waals surface area contributed by atoms with Crippen LogP contribution < -0.4 is 14.8 Å². The van der Waals surface area contributed by atoms with Gasteiger partial charge in [-0.3, -0.25) is 9.59 Å². The van der Waals surface area contributed by atoms with Crippen LogP contribution in [0.15, 0.2) is 42.5 Å². The molecule has 6 nitrogen and oxygen atoms in total. The summed E-state index contributed by atoms with van der Waals surface area (Å²) in [5.74, 6) is 1.11. The number of carbonyl (C=O) groups is 2. The number of ether oxygens (including phenoxy) is 2. The number of rotatable bonds is 12. The molecule has 0 saturated carbocycles. The number of halogens is 2. The van der Waals surface area contributed by atoms with E-state index in [-0.39, 0.29) is 30.8 Å². The van der Waals surface area contributed by atoms with Gasteiger partial charge in [0.15, 0.2) is 0 Å². The SMILES string of the molecule is CC[C@H](C)NC(=O)[C@@H](C)N(Cc1ccc(Cl)cc1Cl)C(=O)CCCOc1ccc(OC)cc1. The molecule has 2 aromatic rings. The van der Waals surface area contributed by atoms with E-state index in [1.54, 1.807) is 37.1 Å². The molecule has 0 radical (unpaired) electrons. The summed E-state index contributed by atoms with van der Waals surface area (Å²) in [7, 11) is 1.61. The largest absolute Gasteiger partial charge is 0.497 e. The van der Waals surface area contributed by atoms with Crippen molar-refractivity contribution in [3.05, 3.63) is 58.1 Å². The van der Waals surface area contributed by atoms with Crippen LogP contribution in [0.4, 0.5) is 0 Å². The molecular formula is C25H32Cl2N2O4. The minimum absolute atomic E-state index is 0.0221. The first kappa shape index (κ1) is 26.8. The molecule has 0 heterocycles. The number of hydrogen-bond acceptors (Lipinski definition) is 4. The van der Waals surface area contributed by atoms with Gasteiger partial charge < -0.3 is 19.7 Å². The van der Waals surface area contributed by atoms with Crippen LogP contribution in [0.25, 0.3) is 0 Å². The molecular weight excluding hydrogens is 463 g/mol. The third kappa shape index (κ3) is 8.45. The van der Waals surface area contributed by atoms with Crippen LogP contribution in [0.5, 0.6) is 11.5 Å². The molecule has 2 amide bonds. The predicted molar refractivity (Wildman–Crippen MR) is 132 cm³/mol. The topological polar surface area (TPSA) is 67.9 Å². The molecule has 0 spiro atoms. The van der Waals surface area contributed by atoms with Crippen LogP contribution in [0, 0.1) is 0 Å². The molecule has 33 heavy (non-hydrogen) atoms. The second-order valence-corrected chi connectivity index (χ2v) is 8.72. The molecule has 180 valence electrons. The molecule has 0 aliphatic heterocycles. The average molecular weight is 495 g/mol. The van der Waals surface area contributed by atoms with Crippen molar-refractivity contribution < 1.29 is 19.1 Å². The molecule has 0 aromatic heterocycles. The second-order valence-electron chi connectivity index (χ2n) is 7.88. The zero-order valence-corrected chi connectivity index (χ0v) is 21.1. The molecule has 0 unspecified atom stereocenters. The van der Waals surface area contributed by atoms with E-state index >= 15 is 0 Å². The molecule has 0 saturated heterocycles. The summed E-state index contributed by atoms with van der Waals surface area (Å²) < 4.78 is 10.9. The van der Waals surface area contributed by atoms with Crippen molar-refractivity contribution in [1.29, 1.82) is 0 Å². The first-order valence-electron chi connectivity index (χ1n) is 11.1. The highest BCUT2D eigenvalue weighted by atomic mass is 35.5. The fraction of sp³-hybridized carbons (Fsp3) is 0.440. The number of hydrogen-bond donors (Lipinski definition) is 1. The molecule has 2 atom stereocenters. The molecule has 2 aromatic carbocycles. The standard InChI is InChI=1S/C25H32Cl2N2O4/c1-5-17(2)28-25(31)18(3)29(16-19-8-9-20(26)15-23(19)27)24(30)7-6-14-33-22-12-10-21(32-4)11-13-22/h8-13,15,17-18H,5-7,14,16H2,1-4H3,(H,28,31)/t17-,18+/m0/s1. The van der Waals surface area contributed by atoms with Gasteiger partial charge in [0.2, 0.25) is 11.8 Å². The van der Waals surface area contributed by atoms with E-state index in [1.807, 2.05) is 38.1 Å². The quantitative estimate of drug-likeness (QED) is 0.396. The van der Waals surface area contributed by atoms with Crippen molar-refractivity contribution in [2.24, 2.45) is 0 Å². The van der Waals surface area contributed by atoms with E-state index in [0.717, 1.165) is 17.7 Å². The molecule has 0 bridgehead atoms. The summed E-state index contributed by atoms with van der Waals surface area (Å²) in [4.78, 5) is 27.4. The van der Waals surface area contributed by atoms with Crippen molar-refractivity contribution in [3.8, 4) is 11.5 Å². The maximum Gasteiger partial charge on any atom is 0.242 e. The monoisotopic (exact) mass is 494 g/mol. The lowest BCUT2D eigenvalue weighted by atomic mass is 10.1. The zero-order valence-electron chi connectivity index (χ0n) is 19.6. The van der Waals surface area contributed by atoms with Gasteiger partial charge in [-0.2, -0.15) is 0 Å². The Bertz CT molecular complexity index is 921. The van der Waals surface area contributed by atoms with Crippen molar-refractivity contribution in [2.75, 3.05) is 13.7 Å². The number of nitrogens with zero attached hydrogens (tertiary/aromatic N) is 1. The van der Waals surface area contributed by atoms with Crippen molar-refractivity contribution >= 4 is 35.0 Å². The van der Waals surface area contributed by atoms with Crippen LogP contribution in [-0.2, 0) is 16.1 Å². The van der Waals surface area contributed by atoms with Crippen molar-refractivity contribution in [2.45, 2.75) is 58.7 Å². The summed E-state index contributed by atoms with van der Waals surface area (Å²) >= 11 is 12.3. The Morgan fingerprint density at radius 1 is 1.06 bits per heavy atom. The normalized spacial score (nSPS) is 12.5. The summed E-state index contributed by atoms with van der Waals surface area (Å²) in [5.41, 5.74) is 0.729. The third-order valence-corrected chi connectivity index (χ3v) is 5.97. The van der Waals surface area contributed by atoms with Gasteiger partial charge in [0.05, 0.1) is 13.7 Å². The minimum atomic E-state index is -0.652. The van der Waals surface area contributed by atoms with E-state index < -0.39 is 6.04 Å². The Morgan fingerprint density at radius 2 is 1.73 bits per heavy atom. The summed E-state index contributed by atoms with van der Waals surface area (Å²) in [6, 6.07) is 11.8. The van der Waals surface area contributed by atoms with Crippen molar-refractivity contribution in [3.63, 3.8) is 0 Å². The maximum atomic E-state index is 13.1. The molecule has 0 fully saturated rings. The zero-order chi connectivity index (χ0) is 24.4. The Morgan fingerprint density at radius 3 is 2.33 bits per heavy atom. The van der Waals surface area contributed by atoms with E-state index in [0.29, 0.717) is 28.8 Å². The predicted octanol–water partition coefficient (Wildman–Crippen LogP) is 5.49. The van der Waals surface area contributed by atoms with Crippen LogP contribution in [-0.4, -0.2) is 42.5 Å². The van der Waals surface area contributed by atoms with Gasteiger partial charge in [-0.1, -0.05) is 36.2 Å². The van der Waals surface area contributed by atoms with Crippen LogP contribution in [0.2, 0.25) is 10.0 Å². The molecule has 1 N–H and O–H groups in total. The first-order chi connectivity index (χ1) is 15.7. The van der Waals surface area contributed by atoms with Gasteiger partial charge in [0.1, 0.15) is 17.5 Å². The Hall–Kier alpha value is -2.44. The lowest BCUT2D eigenvalue weighted by molar-refractivity contribution is -0.141. The molecule has 2 rings (SSSR count). The number of nitrogens with one attached hydrogen (secondary N) is 1. The highest BCUT2D eigenvalue weighted by Gasteiger charge is 2.27. The first-order valence-corrected chi connectivity index (χ1v) is 11.8. The Kier molecular flexibility index (Phi) is 10.8. The van der Waals surface area contributed by atoms with Gasteiger partial charge in [-0.15, -0.1) is 0 Å². The smallest absolute Gasteiger partial charge is 0.242 e. The molecule has 0 aliphatic carbocycles. The number of methoxy groups -OCH3 is 1. The van der Waals surface area contributed by atoms with E-state index in [2.05, 4.69) is 5.32 Å². The highest BCUT2D eigenvalue weighted by molar-refractivity contribution is 6.35. The summed E-state index contributed by atoms with van der Waals surface area (Å²) in [5, 5.41) is 3.92. The lowest BCUT2D eigenvalue weighted by Crippen LogP contribution is -2.49. The fourth-order valence-electron chi connectivity index (χ4n) is 3.11. The maximum absolute atomic E-state index is 13.1. The second kappa shape index (κ2) is 13.3. The van der Waals surface area contributed by atoms with Gasteiger partial charge in [0, 0.05) is 29.1 Å². The Balaban J connectivity index is 2.03. The number of benzene rings is 2. The van der Waals surface area contributed by atoms with Crippen molar-refractivity contribution in [1.82, 2.24) is 10.2 Å². The lowest BCUT2D eigenvalue weighted by Gasteiger charge is -2.30. The summed E-state index contributed by atoms with van der Waals surface area (Å²) in [6.07, 6.45) is 1.55. The van der Waals surface area contributed by atoms with E-state index in [9.17, 15) is 9.59 Å².